The lowest BCUT2D eigenvalue weighted by atomic mass is 10.2. The van der Waals surface area contributed by atoms with Crippen LogP contribution in [0.5, 0.6) is 11.5 Å². The van der Waals surface area contributed by atoms with Gasteiger partial charge in [0.15, 0.2) is 17.3 Å². The molecule has 2 aromatic heterocycles. The third kappa shape index (κ3) is 3.84. The average Bonchev–Trinajstić information content (AvgIpc) is 3.50. The summed E-state index contributed by atoms with van der Waals surface area (Å²) in [6.07, 6.45) is 6.89. The number of hydrogen-bond donors (Lipinski definition) is 1. The van der Waals surface area contributed by atoms with E-state index < -0.39 is 5.97 Å². The van der Waals surface area contributed by atoms with Gasteiger partial charge in [0, 0.05) is 18.3 Å². The number of pyridine rings is 1. The van der Waals surface area contributed by atoms with Crippen LogP contribution in [0.2, 0.25) is 0 Å². The van der Waals surface area contributed by atoms with Gasteiger partial charge in [0.1, 0.15) is 0 Å². The molecule has 3 aromatic rings. The molecule has 0 amide bonds. The predicted molar refractivity (Wildman–Crippen MR) is 105 cm³/mol. The second-order valence-corrected chi connectivity index (χ2v) is 6.65. The maximum Gasteiger partial charge on any atom is 0.345 e. The van der Waals surface area contributed by atoms with E-state index >= 15 is 0 Å². The van der Waals surface area contributed by atoms with Crippen molar-refractivity contribution < 1.29 is 14.3 Å². The van der Waals surface area contributed by atoms with Crippen molar-refractivity contribution in [1.29, 1.82) is 0 Å². The van der Waals surface area contributed by atoms with Gasteiger partial charge in [-0.05, 0) is 61.0 Å². The lowest BCUT2D eigenvalue weighted by Crippen LogP contribution is -2.09. The van der Waals surface area contributed by atoms with Crippen LogP contribution >= 0.6 is 12.2 Å². The van der Waals surface area contributed by atoms with Crippen LogP contribution in [0.1, 0.15) is 40.5 Å². The van der Waals surface area contributed by atoms with Gasteiger partial charge in [-0.15, -0.1) is 0 Å². The zero-order valence-electron chi connectivity index (χ0n) is 15.0. The number of carbonyl (C=O) groups is 1. The standard InChI is InChI=1S/C19H17N5O3S/c1-26-16-9-12(10-21-24-17(13-5-6-13)22-23-19(24)28)4-7-15(16)27-18(25)14-3-2-8-20-11-14/h2-4,7-11,13H,5-6H2,1H3,(H,23,28)/b21-10-. The number of nitrogens with one attached hydrogen (secondary N) is 1. The van der Waals surface area contributed by atoms with Crippen molar-refractivity contribution in [2.45, 2.75) is 18.8 Å². The first-order chi connectivity index (χ1) is 13.7. The summed E-state index contributed by atoms with van der Waals surface area (Å²) in [4.78, 5) is 16.1. The van der Waals surface area contributed by atoms with Crippen molar-refractivity contribution >= 4 is 24.4 Å². The van der Waals surface area contributed by atoms with Crippen LogP contribution in [-0.4, -0.2) is 39.2 Å². The molecule has 0 atom stereocenters. The van der Waals surface area contributed by atoms with Crippen LogP contribution in [0.4, 0.5) is 0 Å². The topological polar surface area (TPSA) is 94.4 Å². The minimum absolute atomic E-state index is 0.312. The van der Waals surface area contributed by atoms with E-state index in [1.165, 1.54) is 13.3 Å². The van der Waals surface area contributed by atoms with E-state index in [0.29, 0.717) is 27.8 Å². The summed E-state index contributed by atoms with van der Waals surface area (Å²) in [7, 11) is 1.51. The Bertz CT molecular complexity index is 1090. The summed E-state index contributed by atoms with van der Waals surface area (Å²) in [5.74, 6) is 1.47. The Hall–Kier alpha value is -3.33. The van der Waals surface area contributed by atoms with Crippen LogP contribution < -0.4 is 9.47 Å². The van der Waals surface area contributed by atoms with E-state index in [0.717, 1.165) is 24.2 Å². The molecule has 0 radical (unpaired) electrons. The minimum atomic E-state index is -0.508. The maximum atomic E-state index is 12.2. The van der Waals surface area contributed by atoms with Crippen molar-refractivity contribution in [3.63, 3.8) is 0 Å². The third-order valence-electron chi connectivity index (χ3n) is 4.23. The highest BCUT2D eigenvalue weighted by Gasteiger charge is 2.29. The Morgan fingerprint density at radius 1 is 1.36 bits per heavy atom. The Morgan fingerprint density at radius 2 is 2.21 bits per heavy atom. The first-order valence-electron chi connectivity index (χ1n) is 8.67. The number of carbonyl (C=O) groups excluding carboxylic acids is 1. The fraction of sp³-hybridized carbons (Fsp3) is 0.211. The second-order valence-electron chi connectivity index (χ2n) is 6.26. The minimum Gasteiger partial charge on any atom is -0.493 e. The first kappa shape index (κ1) is 18.1. The number of benzene rings is 1. The van der Waals surface area contributed by atoms with Crippen LogP contribution in [0, 0.1) is 4.77 Å². The van der Waals surface area contributed by atoms with Crippen LogP contribution in [0.25, 0.3) is 0 Å². The predicted octanol–water partition coefficient (Wildman–Crippen LogP) is 3.32. The summed E-state index contributed by atoms with van der Waals surface area (Å²) in [6.45, 7) is 0. The molecule has 1 N–H and O–H groups in total. The van der Waals surface area contributed by atoms with Gasteiger partial charge in [0.25, 0.3) is 0 Å². The van der Waals surface area contributed by atoms with E-state index in [1.54, 1.807) is 47.4 Å². The van der Waals surface area contributed by atoms with Crippen molar-refractivity contribution in [1.82, 2.24) is 19.9 Å². The maximum absolute atomic E-state index is 12.2. The normalized spacial score (nSPS) is 13.6. The molecule has 0 bridgehead atoms. The van der Waals surface area contributed by atoms with Gasteiger partial charge in [0.2, 0.25) is 4.77 Å². The number of ether oxygens (including phenoxy) is 2. The molecule has 8 nitrogen and oxygen atoms in total. The number of methoxy groups -OCH3 is 1. The summed E-state index contributed by atoms with van der Waals surface area (Å²) in [6, 6.07) is 8.47. The molecule has 1 fully saturated rings. The molecular weight excluding hydrogens is 378 g/mol. The van der Waals surface area contributed by atoms with E-state index in [2.05, 4.69) is 20.3 Å². The van der Waals surface area contributed by atoms with Crippen molar-refractivity contribution in [2.24, 2.45) is 5.10 Å². The number of esters is 1. The van der Waals surface area contributed by atoms with Crippen molar-refractivity contribution in [2.75, 3.05) is 7.11 Å². The average molecular weight is 395 g/mol. The van der Waals surface area contributed by atoms with E-state index in [9.17, 15) is 4.79 Å². The van der Waals surface area contributed by atoms with Gasteiger partial charge in [-0.2, -0.15) is 14.9 Å². The van der Waals surface area contributed by atoms with Crippen LogP contribution in [0.3, 0.4) is 0 Å². The van der Waals surface area contributed by atoms with Crippen LogP contribution in [-0.2, 0) is 0 Å². The molecule has 142 valence electrons. The highest BCUT2D eigenvalue weighted by atomic mass is 32.1. The molecule has 0 aliphatic heterocycles. The van der Waals surface area contributed by atoms with Gasteiger partial charge in [-0.25, -0.2) is 4.79 Å². The molecule has 0 spiro atoms. The number of hydrogen-bond acceptors (Lipinski definition) is 7. The van der Waals surface area contributed by atoms with E-state index in [4.69, 9.17) is 21.7 Å². The van der Waals surface area contributed by atoms with Crippen LogP contribution in [0.15, 0.2) is 47.8 Å². The number of rotatable bonds is 6. The molecule has 28 heavy (non-hydrogen) atoms. The lowest BCUT2D eigenvalue weighted by Gasteiger charge is -2.09. The van der Waals surface area contributed by atoms with E-state index in [-0.39, 0.29) is 0 Å². The number of aromatic nitrogens is 4. The Kier molecular flexibility index (Phi) is 4.98. The number of nitrogens with zero attached hydrogens (tertiary/aromatic N) is 4. The number of aromatic amines is 1. The Labute approximate surface area is 165 Å². The molecule has 4 rings (SSSR count). The fourth-order valence-electron chi connectivity index (χ4n) is 2.64. The Balaban J connectivity index is 1.55. The summed E-state index contributed by atoms with van der Waals surface area (Å²) < 4.78 is 12.9. The van der Waals surface area contributed by atoms with Gasteiger partial charge in [0.05, 0.1) is 18.9 Å². The summed E-state index contributed by atoms with van der Waals surface area (Å²) in [5.41, 5.74) is 1.13. The van der Waals surface area contributed by atoms with Gasteiger partial charge >= 0.3 is 5.97 Å². The highest BCUT2D eigenvalue weighted by Crippen LogP contribution is 2.38. The van der Waals surface area contributed by atoms with Gasteiger partial charge < -0.3 is 9.47 Å². The third-order valence-corrected chi connectivity index (χ3v) is 4.49. The summed E-state index contributed by atoms with van der Waals surface area (Å²) in [5, 5.41) is 11.5. The zero-order chi connectivity index (χ0) is 19.5. The van der Waals surface area contributed by atoms with Crippen molar-refractivity contribution in [3.8, 4) is 11.5 Å². The first-order valence-corrected chi connectivity index (χ1v) is 9.08. The quantitative estimate of drug-likeness (QED) is 0.298. The van der Waals surface area contributed by atoms with Crippen molar-refractivity contribution in [3.05, 3.63) is 64.4 Å². The van der Waals surface area contributed by atoms with Gasteiger partial charge in [-0.1, -0.05) is 0 Å². The second kappa shape index (κ2) is 7.73. The zero-order valence-corrected chi connectivity index (χ0v) is 15.8. The molecule has 1 aromatic carbocycles. The molecule has 0 saturated heterocycles. The molecule has 1 aliphatic carbocycles. The fourth-order valence-corrected chi connectivity index (χ4v) is 2.82. The molecule has 1 aliphatic rings. The molecule has 9 heteroatoms. The molecule has 2 heterocycles. The SMILES string of the molecule is COc1cc(/C=N\n2c(C3CC3)n[nH]c2=S)ccc1OC(=O)c1cccnc1. The monoisotopic (exact) mass is 395 g/mol. The molecule has 0 unspecified atom stereocenters. The number of H-pyrrole nitrogens is 1. The Morgan fingerprint density at radius 3 is 2.93 bits per heavy atom. The summed E-state index contributed by atoms with van der Waals surface area (Å²) >= 11 is 5.24. The highest BCUT2D eigenvalue weighted by molar-refractivity contribution is 7.71. The molecular formula is C19H17N5O3S. The smallest absolute Gasteiger partial charge is 0.345 e. The van der Waals surface area contributed by atoms with Gasteiger partial charge in [-0.3, -0.25) is 10.1 Å². The largest absolute Gasteiger partial charge is 0.493 e. The molecule has 1 saturated carbocycles. The van der Waals surface area contributed by atoms with E-state index in [1.807, 2.05) is 0 Å². The lowest BCUT2D eigenvalue weighted by molar-refractivity contribution is 0.0729.